The highest BCUT2D eigenvalue weighted by molar-refractivity contribution is 4.67. The zero-order chi connectivity index (χ0) is 24.2. The normalized spacial score (nSPS) is 14.7. The van der Waals surface area contributed by atoms with Crippen LogP contribution in [0.3, 0.4) is 0 Å². The Labute approximate surface area is 211 Å². The summed E-state index contributed by atoms with van der Waals surface area (Å²) in [6.45, 7) is 10.3. The minimum absolute atomic E-state index is 0.400. The Balaban J connectivity index is 1.61. The first kappa shape index (κ1) is 31.8. The van der Waals surface area contributed by atoms with Crippen molar-refractivity contribution in [1.29, 1.82) is 0 Å². The number of rotatable bonds is 27. The van der Waals surface area contributed by atoms with E-state index in [-0.39, 0.29) is 0 Å². The van der Waals surface area contributed by atoms with Gasteiger partial charge in [-0.15, -0.1) is 0 Å². The van der Waals surface area contributed by atoms with Crippen molar-refractivity contribution in [2.24, 2.45) is 0 Å². The van der Waals surface area contributed by atoms with Gasteiger partial charge in [0.1, 0.15) is 0 Å². The Morgan fingerprint density at radius 2 is 0.853 bits per heavy atom. The van der Waals surface area contributed by atoms with E-state index in [4.69, 9.17) is 23.7 Å². The van der Waals surface area contributed by atoms with E-state index in [2.05, 4.69) is 12.2 Å². The van der Waals surface area contributed by atoms with E-state index >= 15 is 0 Å². The van der Waals surface area contributed by atoms with Crippen molar-refractivity contribution in [1.82, 2.24) is 5.32 Å². The van der Waals surface area contributed by atoms with E-state index in [1.807, 2.05) is 0 Å². The van der Waals surface area contributed by atoms with Gasteiger partial charge in [-0.3, -0.25) is 0 Å². The molecule has 0 bridgehead atoms. The molecular weight excluding hydrogens is 430 g/mol. The SMILES string of the molecule is CCCCCCCCCCCCCCCOCCOCCOCCOCCOC1CCNCC1. The smallest absolute Gasteiger partial charge is 0.0704 e. The zero-order valence-corrected chi connectivity index (χ0v) is 22.5. The molecule has 1 saturated heterocycles. The van der Waals surface area contributed by atoms with Crippen LogP contribution in [0, 0.1) is 0 Å². The zero-order valence-electron chi connectivity index (χ0n) is 22.5. The maximum atomic E-state index is 5.80. The fourth-order valence-corrected chi connectivity index (χ4v) is 4.22. The number of unbranched alkanes of at least 4 members (excludes halogenated alkanes) is 12. The lowest BCUT2D eigenvalue weighted by molar-refractivity contribution is -0.0280. The monoisotopic (exact) mass is 487 g/mol. The van der Waals surface area contributed by atoms with Gasteiger partial charge < -0.3 is 29.0 Å². The molecule has 1 N–H and O–H groups in total. The highest BCUT2D eigenvalue weighted by Gasteiger charge is 2.12. The van der Waals surface area contributed by atoms with Crippen LogP contribution in [-0.4, -0.2) is 78.7 Å². The van der Waals surface area contributed by atoms with Gasteiger partial charge in [0.25, 0.3) is 0 Å². The van der Waals surface area contributed by atoms with Crippen molar-refractivity contribution in [3.63, 3.8) is 0 Å². The van der Waals surface area contributed by atoms with Crippen LogP contribution in [0.25, 0.3) is 0 Å². The molecule has 1 rings (SSSR count). The summed E-state index contributed by atoms with van der Waals surface area (Å²) >= 11 is 0. The van der Waals surface area contributed by atoms with Gasteiger partial charge in [-0.2, -0.15) is 0 Å². The van der Waals surface area contributed by atoms with Crippen molar-refractivity contribution in [3.05, 3.63) is 0 Å². The van der Waals surface area contributed by atoms with Crippen LogP contribution >= 0.6 is 0 Å². The molecule has 34 heavy (non-hydrogen) atoms. The molecule has 0 aromatic heterocycles. The first-order valence-corrected chi connectivity index (χ1v) is 14.6. The minimum Gasteiger partial charge on any atom is -0.379 e. The first-order valence-electron chi connectivity index (χ1n) is 14.6. The lowest BCUT2D eigenvalue weighted by Gasteiger charge is -2.22. The van der Waals surface area contributed by atoms with Gasteiger partial charge in [-0.1, -0.05) is 84.0 Å². The Hall–Kier alpha value is -0.240. The molecule has 0 spiro atoms. The molecule has 0 saturated carbocycles. The maximum absolute atomic E-state index is 5.80. The Bertz CT molecular complexity index is 380. The summed E-state index contributed by atoms with van der Waals surface area (Å²) in [6.07, 6.45) is 20.6. The summed E-state index contributed by atoms with van der Waals surface area (Å²) in [5.74, 6) is 0. The number of ether oxygens (including phenoxy) is 5. The van der Waals surface area contributed by atoms with Crippen LogP contribution in [0.15, 0.2) is 0 Å². The predicted molar refractivity (Wildman–Crippen MR) is 141 cm³/mol. The van der Waals surface area contributed by atoms with Crippen LogP contribution in [0.2, 0.25) is 0 Å². The summed E-state index contributed by atoms with van der Waals surface area (Å²) < 4.78 is 28.1. The number of hydrogen-bond acceptors (Lipinski definition) is 6. The molecule has 0 radical (unpaired) electrons. The summed E-state index contributed by atoms with van der Waals surface area (Å²) in [7, 11) is 0. The average molecular weight is 488 g/mol. The highest BCUT2D eigenvalue weighted by Crippen LogP contribution is 2.12. The molecule has 1 aliphatic heterocycles. The molecule has 1 fully saturated rings. The molecule has 204 valence electrons. The van der Waals surface area contributed by atoms with Crippen LogP contribution in [0.5, 0.6) is 0 Å². The Morgan fingerprint density at radius 3 is 1.32 bits per heavy atom. The second-order valence-corrected chi connectivity index (χ2v) is 9.51. The largest absolute Gasteiger partial charge is 0.379 e. The standard InChI is InChI=1S/C28H57NO5/c1-2-3-4-5-6-7-8-9-10-11-12-13-14-19-30-20-21-31-22-23-32-24-25-33-26-27-34-28-15-17-29-18-16-28/h28-29H,2-27H2,1H3. The van der Waals surface area contributed by atoms with Crippen LogP contribution in [0.4, 0.5) is 0 Å². The molecule has 0 aromatic carbocycles. The second-order valence-electron chi connectivity index (χ2n) is 9.51. The van der Waals surface area contributed by atoms with Gasteiger partial charge in [0.05, 0.1) is 59.0 Å². The number of piperidine rings is 1. The summed E-state index contributed by atoms with van der Waals surface area (Å²) in [4.78, 5) is 0. The molecule has 0 aliphatic carbocycles. The molecule has 0 unspecified atom stereocenters. The van der Waals surface area contributed by atoms with Gasteiger partial charge in [0.2, 0.25) is 0 Å². The van der Waals surface area contributed by atoms with Gasteiger partial charge in [0, 0.05) is 6.61 Å². The van der Waals surface area contributed by atoms with E-state index in [1.165, 1.54) is 83.5 Å². The van der Waals surface area contributed by atoms with Gasteiger partial charge >= 0.3 is 0 Å². The van der Waals surface area contributed by atoms with Gasteiger partial charge in [-0.05, 0) is 32.4 Å². The van der Waals surface area contributed by atoms with E-state index in [9.17, 15) is 0 Å². The third kappa shape index (κ3) is 23.5. The fraction of sp³-hybridized carbons (Fsp3) is 1.00. The average Bonchev–Trinajstić information content (AvgIpc) is 2.87. The summed E-state index contributed by atoms with van der Waals surface area (Å²) in [5, 5.41) is 3.34. The van der Waals surface area contributed by atoms with E-state index < -0.39 is 0 Å². The van der Waals surface area contributed by atoms with Crippen molar-refractivity contribution >= 4 is 0 Å². The lowest BCUT2D eigenvalue weighted by Crippen LogP contribution is -2.33. The van der Waals surface area contributed by atoms with Crippen molar-refractivity contribution in [3.8, 4) is 0 Å². The molecule has 0 amide bonds. The van der Waals surface area contributed by atoms with E-state index in [0.29, 0.717) is 59.0 Å². The minimum atomic E-state index is 0.400. The fourth-order valence-electron chi connectivity index (χ4n) is 4.22. The molecule has 6 heteroatoms. The third-order valence-electron chi connectivity index (χ3n) is 6.38. The van der Waals surface area contributed by atoms with Gasteiger partial charge in [0.15, 0.2) is 0 Å². The molecule has 0 atom stereocenters. The van der Waals surface area contributed by atoms with Crippen molar-refractivity contribution in [2.45, 2.75) is 109 Å². The molecule has 0 aromatic rings. The lowest BCUT2D eigenvalue weighted by atomic mass is 10.0. The Kier molecular flexibility index (Phi) is 25.6. The van der Waals surface area contributed by atoms with E-state index in [0.717, 1.165) is 32.5 Å². The molecule has 1 heterocycles. The quantitative estimate of drug-likeness (QED) is 0.145. The second kappa shape index (κ2) is 27.3. The highest BCUT2D eigenvalue weighted by atomic mass is 16.6. The third-order valence-corrected chi connectivity index (χ3v) is 6.38. The topological polar surface area (TPSA) is 58.2 Å². The first-order chi connectivity index (χ1) is 16.9. The van der Waals surface area contributed by atoms with Crippen LogP contribution in [-0.2, 0) is 23.7 Å². The maximum Gasteiger partial charge on any atom is 0.0704 e. The summed E-state index contributed by atoms with van der Waals surface area (Å²) in [6, 6.07) is 0. The van der Waals surface area contributed by atoms with Gasteiger partial charge in [-0.25, -0.2) is 0 Å². The Morgan fingerprint density at radius 1 is 0.471 bits per heavy atom. The number of hydrogen-bond donors (Lipinski definition) is 1. The molecule has 1 aliphatic rings. The molecule has 6 nitrogen and oxygen atoms in total. The predicted octanol–water partition coefficient (Wildman–Crippen LogP) is 5.91. The van der Waals surface area contributed by atoms with E-state index in [1.54, 1.807) is 0 Å². The van der Waals surface area contributed by atoms with Crippen LogP contribution < -0.4 is 5.32 Å². The number of nitrogens with one attached hydrogen (secondary N) is 1. The van der Waals surface area contributed by atoms with Crippen LogP contribution in [0.1, 0.15) is 103 Å². The van der Waals surface area contributed by atoms with Crippen molar-refractivity contribution in [2.75, 3.05) is 72.6 Å². The summed E-state index contributed by atoms with van der Waals surface area (Å²) in [5.41, 5.74) is 0. The molecular formula is C28H57NO5. The van der Waals surface area contributed by atoms with Crippen molar-refractivity contribution < 1.29 is 23.7 Å².